The van der Waals surface area contributed by atoms with Crippen LogP contribution in [-0.4, -0.2) is 90.7 Å². The van der Waals surface area contributed by atoms with Crippen molar-refractivity contribution in [2.24, 2.45) is 0 Å². The summed E-state index contributed by atoms with van der Waals surface area (Å²) >= 11 is 0. The zero-order valence-corrected chi connectivity index (χ0v) is 28.0. The second-order valence-corrected chi connectivity index (χ2v) is 11.6. The molecule has 1 aromatic heterocycles. The number of carbonyl (C=O) groups is 2. The van der Waals surface area contributed by atoms with Gasteiger partial charge in [0.15, 0.2) is 0 Å². The van der Waals surface area contributed by atoms with Crippen LogP contribution in [0, 0.1) is 5.82 Å². The molecule has 0 saturated carbocycles. The van der Waals surface area contributed by atoms with E-state index >= 15 is 0 Å². The van der Waals surface area contributed by atoms with Crippen LogP contribution in [0.4, 0.5) is 22.4 Å². The molecule has 0 aliphatic rings. The highest BCUT2D eigenvalue weighted by Crippen LogP contribution is 2.32. The van der Waals surface area contributed by atoms with E-state index in [-0.39, 0.29) is 30.9 Å². The predicted octanol–water partition coefficient (Wildman–Crippen LogP) is 5.70. The SMILES string of the molecule is CCOc1ccc(-n2c(C(CCN(C)C(=O)OC)N(CCN(C)C)C(=O)Cc3ccc(C(F)(F)F)c(F)c3)nc3ccccc3c2=O)cc1. The van der Waals surface area contributed by atoms with Crippen LogP contribution in [0.5, 0.6) is 5.75 Å². The Morgan fingerprint density at radius 3 is 2.27 bits per heavy atom. The van der Waals surface area contributed by atoms with Crippen molar-refractivity contribution in [2.45, 2.75) is 32.0 Å². The molecule has 3 aromatic carbocycles. The van der Waals surface area contributed by atoms with Crippen molar-refractivity contribution in [2.75, 3.05) is 54.5 Å². The molecule has 0 fully saturated rings. The Labute approximate surface area is 281 Å². The van der Waals surface area contributed by atoms with Crippen LogP contribution in [-0.2, 0) is 22.1 Å². The summed E-state index contributed by atoms with van der Waals surface area (Å²) in [5, 5.41) is 0.331. The normalized spacial score (nSPS) is 12.2. The maximum atomic E-state index is 14.5. The van der Waals surface area contributed by atoms with Gasteiger partial charge < -0.3 is 24.2 Å². The maximum absolute atomic E-state index is 14.5. The lowest BCUT2D eigenvalue weighted by molar-refractivity contribution is -0.140. The summed E-state index contributed by atoms with van der Waals surface area (Å²) in [6.07, 6.45) is -5.87. The summed E-state index contributed by atoms with van der Waals surface area (Å²) in [4.78, 5) is 50.3. The number of para-hydroxylation sites is 1. The molecule has 2 amide bonds. The Morgan fingerprint density at radius 2 is 1.65 bits per heavy atom. The van der Waals surface area contributed by atoms with Crippen LogP contribution in [0.25, 0.3) is 16.6 Å². The van der Waals surface area contributed by atoms with Crippen LogP contribution < -0.4 is 10.3 Å². The lowest BCUT2D eigenvalue weighted by atomic mass is 10.0. The Bertz CT molecular complexity index is 1830. The minimum absolute atomic E-state index is 0.0335. The molecule has 1 atom stereocenters. The summed E-state index contributed by atoms with van der Waals surface area (Å²) in [5.41, 5.74) is -0.984. The number of rotatable bonds is 13. The standard InChI is InChI=1S/C35H39F4N5O5/c1-6-49-25-14-12-24(13-15-25)44-32(40-29-10-8-7-9-26(29)33(44)46)30(17-18-42(4)34(47)48-5)43(20-19-41(2)3)31(45)22-23-11-16-27(28(36)21-23)35(37,38)39/h7-16,21,30H,6,17-20,22H2,1-5H3. The van der Waals surface area contributed by atoms with Crippen molar-refractivity contribution in [3.63, 3.8) is 0 Å². The van der Waals surface area contributed by atoms with Gasteiger partial charge in [-0.2, -0.15) is 13.2 Å². The number of fused-ring (bicyclic) bond motifs is 1. The molecular formula is C35H39F4N5O5. The number of amides is 2. The van der Waals surface area contributed by atoms with Crippen molar-refractivity contribution in [3.8, 4) is 11.4 Å². The van der Waals surface area contributed by atoms with Gasteiger partial charge in [-0.15, -0.1) is 0 Å². The van der Waals surface area contributed by atoms with Gasteiger partial charge in [0.2, 0.25) is 5.91 Å². The van der Waals surface area contributed by atoms with Crippen molar-refractivity contribution in [1.29, 1.82) is 0 Å². The third-order valence-corrected chi connectivity index (χ3v) is 7.91. The third-order valence-electron chi connectivity index (χ3n) is 7.91. The molecule has 0 N–H and O–H groups in total. The van der Waals surface area contributed by atoms with E-state index in [1.54, 1.807) is 62.6 Å². The van der Waals surface area contributed by atoms with Crippen LogP contribution in [0.15, 0.2) is 71.5 Å². The molecule has 49 heavy (non-hydrogen) atoms. The Hall–Kier alpha value is -4.98. The number of carbonyl (C=O) groups excluding carboxylic acids is 2. The molecule has 4 rings (SSSR count). The fourth-order valence-electron chi connectivity index (χ4n) is 5.41. The first-order valence-electron chi connectivity index (χ1n) is 15.6. The number of ether oxygens (including phenoxy) is 2. The number of aromatic nitrogens is 2. The molecule has 4 aromatic rings. The predicted molar refractivity (Wildman–Crippen MR) is 176 cm³/mol. The minimum atomic E-state index is -4.90. The van der Waals surface area contributed by atoms with Crippen LogP contribution in [0.2, 0.25) is 0 Å². The van der Waals surface area contributed by atoms with Gasteiger partial charge in [0.1, 0.15) is 17.4 Å². The second kappa shape index (κ2) is 15.9. The van der Waals surface area contributed by atoms with Crippen LogP contribution in [0.3, 0.4) is 0 Å². The molecule has 14 heteroatoms. The number of likely N-dealkylation sites (N-methyl/N-ethyl adjacent to an activating group) is 1. The summed E-state index contributed by atoms with van der Waals surface area (Å²) in [6.45, 7) is 2.82. The average molecular weight is 686 g/mol. The molecule has 0 radical (unpaired) electrons. The quantitative estimate of drug-likeness (QED) is 0.167. The van der Waals surface area contributed by atoms with E-state index in [1.807, 2.05) is 11.8 Å². The zero-order chi connectivity index (χ0) is 35.9. The maximum Gasteiger partial charge on any atom is 0.419 e. The van der Waals surface area contributed by atoms with Crippen LogP contribution in [0.1, 0.15) is 36.3 Å². The Morgan fingerprint density at radius 1 is 0.959 bits per heavy atom. The monoisotopic (exact) mass is 685 g/mol. The minimum Gasteiger partial charge on any atom is -0.494 e. The fourth-order valence-corrected chi connectivity index (χ4v) is 5.41. The molecular weight excluding hydrogens is 646 g/mol. The first-order chi connectivity index (χ1) is 23.2. The fraction of sp³-hybridized carbons (Fsp3) is 0.371. The van der Waals surface area contributed by atoms with Gasteiger partial charge in [-0.25, -0.2) is 14.2 Å². The second-order valence-electron chi connectivity index (χ2n) is 11.6. The lowest BCUT2D eigenvalue weighted by Crippen LogP contribution is -2.44. The van der Waals surface area contributed by atoms with E-state index < -0.39 is 47.6 Å². The number of halogens is 4. The molecule has 0 aliphatic heterocycles. The molecule has 0 saturated heterocycles. The molecule has 0 aliphatic carbocycles. The van der Waals surface area contributed by atoms with Crippen molar-refractivity contribution >= 4 is 22.9 Å². The zero-order valence-electron chi connectivity index (χ0n) is 28.0. The van der Waals surface area contributed by atoms with E-state index in [0.717, 1.165) is 6.07 Å². The van der Waals surface area contributed by atoms with Crippen molar-refractivity contribution in [3.05, 3.63) is 99.9 Å². The highest BCUT2D eigenvalue weighted by molar-refractivity contribution is 5.80. The van der Waals surface area contributed by atoms with E-state index in [2.05, 4.69) is 0 Å². The molecule has 1 unspecified atom stereocenters. The molecule has 1 heterocycles. The van der Waals surface area contributed by atoms with Gasteiger partial charge in [0.05, 0.1) is 48.3 Å². The summed E-state index contributed by atoms with van der Waals surface area (Å²) < 4.78 is 66.2. The van der Waals surface area contributed by atoms with E-state index in [9.17, 15) is 31.9 Å². The van der Waals surface area contributed by atoms with Crippen LogP contribution >= 0.6 is 0 Å². The number of benzene rings is 3. The van der Waals surface area contributed by atoms with E-state index in [1.165, 1.54) is 28.5 Å². The Balaban J connectivity index is 1.91. The number of hydrogen-bond donors (Lipinski definition) is 0. The van der Waals surface area contributed by atoms with Gasteiger partial charge in [-0.1, -0.05) is 18.2 Å². The van der Waals surface area contributed by atoms with Gasteiger partial charge in [0, 0.05) is 26.7 Å². The van der Waals surface area contributed by atoms with Gasteiger partial charge in [-0.3, -0.25) is 14.2 Å². The highest BCUT2D eigenvalue weighted by Gasteiger charge is 2.35. The first-order valence-corrected chi connectivity index (χ1v) is 15.6. The van der Waals surface area contributed by atoms with Crippen molar-refractivity contribution in [1.82, 2.24) is 24.3 Å². The summed E-state index contributed by atoms with van der Waals surface area (Å²) in [6, 6.07) is 15.0. The molecule has 0 spiro atoms. The van der Waals surface area contributed by atoms with E-state index in [0.29, 0.717) is 47.6 Å². The molecule has 262 valence electrons. The van der Waals surface area contributed by atoms with Gasteiger partial charge in [-0.05, 0) is 81.5 Å². The average Bonchev–Trinajstić information content (AvgIpc) is 3.05. The van der Waals surface area contributed by atoms with Gasteiger partial charge >= 0.3 is 12.3 Å². The number of hydrogen-bond acceptors (Lipinski definition) is 7. The first kappa shape index (κ1) is 36.8. The molecule has 0 bridgehead atoms. The number of alkyl halides is 3. The lowest BCUT2D eigenvalue weighted by Gasteiger charge is -2.34. The Kier molecular flexibility index (Phi) is 12.0. The highest BCUT2D eigenvalue weighted by atomic mass is 19.4. The number of methoxy groups -OCH3 is 1. The topological polar surface area (TPSA) is 97.2 Å². The van der Waals surface area contributed by atoms with Crippen molar-refractivity contribution < 1.29 is 36.6 Å². The largest absolute Gasteiger partial charge is 0.494 e. The third kappa shape index (κ3) is 8.93. The van der Waals surface area contributed by atoms with Gasteiger partial charge in [0.25, 0.3) is 5.56 Å². The number of nitrogens with zero attached hydrogens (tertiary/aromatic N) is 5. The summed E-state index contributed by atoms with van der Waals surface area (Å²) in [7, 11) is 6.37. The smallest absolute Gasteiger partial charge is 0.419 e. The van der Waals surface area contributed by atoms with E-state index in [4.69, 9.17) is 14.5 Å². The summed E-state index contributed by atoms with van der Waals surface area (Å²) in [5.74, 6) is -1.27. The molecule has 10 nitrogen and oxygen atoms in total.